The van der Waals surface area contributed by atoms with E-state index in [1.54, 1.807) is 7.11 Å². The highest BCUT2D eigenvalue weighted by atomic mass is 16.5. The first-order chi connectivity index (χ1) is 8.76. The number of methoxy groups -OCH3 is 1. The maximum absolute atomic E-state index is 5.38. The van der Waals surface area contributed by atoms with E-state index in [0.29, 0.717) is 0 Å². The summed E-state index contributed by atoms with van der Waals surface area (Å²) in [6, 6.07) is 16.3. The summed E-state index contributed by atoms with van der Waals surface area (Å²) in [5, 5.41) is 3.11. The molecular formula is C15H18N2O. The van der Waals surface area contributed by atoms with E-state index in [9.17, 15) is 0 Å². The summed E-state index contributed by atoms with van der Waals surface area (Å²) in [5.41, 5.74) is 3.28. The zero-order valence-corrected chi connectivity index (χ0v) is 11.0. The fraction of sp³-hybridized carbons (Fsp3) is 0.200. The Bertz CT molecular complexity index is 508. The number of para-hydroxylation sites is 2. The molecule has 0 heterocycles. The molecule has 2 aromatic rings. The van der Waals surface area contributed by atoms with Crippen molar-refractivity contribution in [2.45, 2.75) is 0 Å². The van der Waals surface area contributed by atoms with Crippen molar-refractivity contribution in [3.63, 3.8) is 0 Å². The lowest BCUT2D eigenvalue weighted by Crippen LogP contribution is -2.10. The van der Waals surface area contributed by atoms with Crippen LogP contribution >= 0.6 is 0 Å². The second-order valence-corrected chi connectivity index (χ2v) is 4.03. The third-order valence-corrected chi connectivity index (χ3v) is 2.99. The average molecular weight is 242 g/mol. The molecule has 0 unspecified atom stereocenters. The molecule has 94 valence electrons. The van der Waals surface area contributed by atoms with Crippen LogP contribution in [0.3, 0.4) is 0 Å². The number of nitrogens with zero attached hydrogens (tertiary/aromatic N) is 1. The van der Waals surface area contributed by atoms with Crippen molar-refractivity contribution in [3.8, 4) is 5.75 Å². The quantitative estimate of drug-likeness (QED) is 0.888. The smallest absolute Gasteiger partial charge is 0.142 e. The Morgan fingerprint density at radius 1 is 1.00 bits per heavy atom. The monoisotopic (exact) mass is 242 g/mol. The summed E-state index contributed by atoms with van der Waals surface area (Å²) in [6.45, 7) is 0. The summed E-state index contributed by atoms with van der Waals surface area (Å²) in [5.74, 6) is 0.873. The SMILES string of the molecule is CNc1ccc(N(C)c2ccccc2OC)cc1. The van der Waals surface area contributed by atoms with Crippen LogP contribution in [0.25, 0.3) is 0 Å². The molecule has 0 saturated carbocycles. The van der Waals surface area contributed by atoms with Crippen LogP contribution in [0.5, 0.6) is 5.75 Å². The molecule has 0 spiro atoms. The Morgan fingerprint density at radius 2 is 1.67 bits per heavy atom. The maximum Gasteiger partial charge on any atom is 0.142 e. The Hall–Kier alpha value is -2.16. The van der Waals surface area contributed by atoms with Gasteiger partial charge in [-0.1, -0.05) is 12.1 Å². The summed E-state index contributed by atoms with van der Waals surface area (Å²) in [4.78, 5) is 2.11. The number of ether oxygens (including phenoxy) is 1. The molecule has 3 nitrogen and oxygen atoms in total. The van der Waals surface area contributed by atoms with Crippen LogP contribution in [0.15, 0.2) is 48.5 Å². The molecule has 0 bridgehead atoms. The zero-order chi connectivity index (χ0) is 13.0. The van der Waals surface area contributed by atoms with Crippen molar-refractivity contribution in [2.75, 3.05) is 31.4 Å². The first kappa shape index (κ1) is 12.3. The van der Waals surface area contributed by atoms with E-state index >= 15 is 0 Å². The number of rotatable bonds is 4. The van der Waals surface area contributed by atoms with Gasteiger partial charge >= 0.3 is 0 Å². The van der Waals surface area contributed by atoms with Gasteiger partial charge in [-0.05, 0) is 36.4 Å². The summed E-state index contributed by atoms with van der Waals surface area (Å²) >= 11 is 0. The second-order valence-electron chi connectivity index (χ2n) is 4.03. The predicted octanol–water partition coefficient (Wildman–Crippen LogP) is 3.50. The van der Waals surface area contributed by atoms with Gasteiger partial charge in [-0.2, -0.15) is 0 Å². The van der Waals surface area contributed by atoms with E-state index < -0.39 is 0 Å². The van der Waals surface area contributed by atoms with Gasteiger partial charge < -0.3 is 15.0 Å². The van der Waals surface area contributed by atoms with Crippen molar-refractivity contribution in [2.24, 2.45) is 0 Å². The lowest BCUT2D eigenvalue weighted by Gasteiger charge is -2.22. The molecule has 3 heteroatoms. The molecule has 0 atom stereocenters. The predicted molar refractivity (Wildman–Crippen MR) is 77.0 cm³/mol. The van der Waals surface area contributed by atoms with Crippen LogP contribution in [-0.2, 0) is 0 Å². The minimum absolute atomic E-state index is 0.873. The van der Waals surface area contributed by atoms with Crippen LogP contribution in [0.4, 0.5) is 17.1 Å². The molecule has 0 aliphatic rings. The van der Waals surface area contributed by atoms with Gasteiger partial charge in [0.2, 0.25) is 0 Å². The van der Waals surface area contributed by atoms with Gasteiger partial charge in [-0.15, -0.1) is 0 Å². The molecule has 18 heavy (non-hydrogen) atoms. The lowest BCUT2D eigenvalue weighted by molar-refractivity contribution is 0.415. The van der Waals surface area contributed by atoms with Crippen LogP contribution < -0.4 is 15.0 Å². The van der Waals surface area contributed by atoms with E-state index in [-0.39, 0.29) is 0 Å². The minimum atomic E-state index is 0.873. The van der Waals surface area contributed by atoms with Crippen LogP contribution in [0.1, 0.15) is 0 Å². The largest absolute Gasteiger partial charge is 0.495 e. The second kappa shape index (κ2) is 5.45. The number of hydrogen-bond acceptors (Lipinski definition) is 3. The number of benzene rings is 2. The molecule has 0 amide bonds. The Labute approximate surface area is 108 Å². The molecule has 0 radical (unpaired) electrons. The lowest BCUT2D eigenvalue weighted by atomic mass is 10.2. The van der Waals surface area contributed by atoms with Gasteiger partial charge in [0.15, 0.2) is 0 Å². The van der Waals surface area contributed by atoms with Gasteiger partial charge in [0.25, 0.3) is 0 Å². The molecular weight excluding hydrogens is 224 g/mol. The van der Waals surface area contributed by atoms with Gasteiger partial charge in [0.1, 0.15) is 5.75 Å². The highest BCUT2D eigenvalue weighted by Crippen LogP contribution is 2.32. The van der Waals surface area contributed by atoms with Gasteiger partial charge in [0.05, 0.1) is 12.8 Å². The highest BCUT2D eigenvalue weighted by molar-refractivity contribution is 5.69. The van der Waals surface area contributed by atoms with Crippen molar-refractivity contribution >= 4 is 17.1 Å². The topological polar surface area (TPSA) is 24.5 Å². The first-order valence-electron chi connectivity index (χ1n) is 5.91. The normalized spacial score (nSPS) is 9.94. The zero-order valence-electron chi connectivity index (χ0n) is 11.0. The van der Waals surface area contributed by atoms with Crippen molar-refractivity contribution in [3.05, 3.63) is 48.5 Å². The van der Waals surface area contributed by atoms with Crippen molar-refractivity contribution in [1.29, 1.82) is 0 Å². The third-order valence-electron chi connectivity index (χ3n) is 2.99. The van der Waals surface area contributed by atoms with E-state index in [1.165, 1.54) is 0 Å². The molecule has 1 N–H and O–H groups in total. The molecule has 2 rings (SSSR count). The number of anilines is 3. The highest BCUT2D eigenvalue weighted by Gasteiger charge is 2.08. The average Bonchev–Trinajstić information content (AvgIpc) is 2.46. The Kier molecular flexibility index (Phi) is 3.72. The van der Waals surface area contributed by atoms with Gasteiger partial charge in [-0.25, -0.2) is 0 Å². The van der Waals surface area contributed by atoms with E-state index in [1.807, 2.05) is 38.4 Å². The Balaban J connectivity index is 2.31. The van der Waals surface area contributed by atoms with Crippen LogP contribution in [-0.4, -0.2) is 21.2 Å². The maximum atomic E-state index is 5.38. The van der Waals surface area contributed by atoms with E-state index in [0.717, 1.165) is 22.8 Å². The first-order valence-corrected chi connectivity index (χ1v) is 5.91. The van der Waals surface area contributed by atoms with Crippen molar-refractivity contribution < 1.29 is 4.74 Å². The summed E-state index contributed by atoms with van der Waals surface area (Å²) in [6.07, 6.45) is 0. The molecule has 0 aliphatic heterocycles. The summed E-state index contributed by atoms with van der Waals surface area (Å²) < 4.78 is 5.38. The Morgan fingerprint density at radius 3 is 2.28 bits per heavy atom. The van der Waals surface area contributed by atoms with Crippen molar-refractivity contribution in [1.82, 2.24) is 0 Å². The van der Waals surface area contributed by atoms with Gasteiger partial charge in [0, 0.05) is 25.5 Å². The molecule has 0 fully saturated rings. The number of nitrogens with one attached hydrogen (secondary N) is 1. The molecule has 0 aromatic heterocycles. The summed E-state index contributed by atoms with van der Waals surface area (Å²) in [7, 11) is 5.64. The van der Waals surface area contributed by atoms with Crippen LogP contribution in [0.2, 0.25) is 0 Å². The van der Waals surface area contributed by atoms with E-state index in [2.05, 4.69) is 34.5 Å². The fourth-order valence-corrected chi connectivity index (χ4v) is 1.90. The van der Waals surface area contributed by atoms with Gasteiger partial charge in [-0.3, -0.25) is 0 Å². The van der Waals surface area contributed by atoms with Crippen LogP contribution in [0, 0.1) is 0 Å². The molecule has 0 aliphatic carbocycles. The van der Waals surface area contributed by atoms with E-state index in [4.69, 9.17) is 4.74 Å². The fourth-order valence-electron chi connectivity index (χ4n) is 1.90. The minimum Gasteiger partial charge on any atom is -0.495 e. The third kappa shape index (κ3) is 2.40. The number of hydrogen-bond donors (Lipinski definition) is 1. The molecule has 0 saturated heterocycles. The molecule has 2 aromatic carbocycles. The standard InChI is InChI=1S/C15H18N2O/c1-16-12-8-10-13(11-9-12)17(2)14-6-4-5-7-15(14)18-3/h4-11,16H,1-3H3.